The highest BCUT2D eigenvalue weighted by Gasteiger charge is 2.29. The van der Waals surface area contributed by atoms with E-state index in [-0.39, 0.29) is 0 Å². The van der Waals surface area contributed by atoms with Crippen molar-refractivity contribution in [3.8, 4) is 0 Å². The van der Waals surface area contributed by atoms with Gasteiger partial charge in [-0.2, -0.15) is 0 Å². The summed E-state index contributed by atoms with van der Waals surface area (Å²) in [7, 11) is 2.17. The molecule has 0 amide bonds. The number of hydrogen-bond acceptors (Lipinski definition) is 4. The number of piperidine rings is 1. The second-order valence-corrected chi connectivity index (χ2v) is 7.07. The van der Waals surface area contributed by atoms with Gasteiger partial charge in [-0.3, -0.25) is 0 Å². The molecule has 1 aromatic carbocycles. The van der Waals surface area contributed by atoms with Gasteiger partial charge in [0.05, 0.1) is 16.7 Å². The number of nitrogens with zero attached hydrogens (tertiary/aromatic N) is 1. The van der Waals surface area contributed by atoms with E-state index in [0.717, 1.165) is 32.7 Å². The summed E-state index contributed by atoms with van der Waals surface area (Å²) in [5.41, 5.74) is 1.28. The van der Waals surface area contributed by atoms with Gasteiger partial charge in [0.25, 0.3) is 0 Å². The SMILES string of the molecule is CCOC[C@H]1CN(C)CC[C@H]1c1ccc(Cl)c(Cl)c1.O=C(O)/C=C/C(=O)O. The van der Waals surface area contributed by atoms with Gasteiger partial charge in [-0.05, 0) is 50.6 Å². The fourth-order valence-electron chi connectivity index (χ4n) is 2.98. The molecule has 2 N–H and O–H groups in total. The van der Waals surface area contributed by atoms with Gasteiger partial charge in [-0.15, -0.1) is 0 Å². The van der Waals surface area contributed by atoms with E-state index in [1.807, 2.05) is 19.1 Å². The average Bonchev–Trinajstić information content (AvgIpc) is 2.61. The molecule has 8 heteroatoms. The molecule has 0 radical (unpaired) electrons. The van der Waals surface area contributed by atoms with Crippen LogP contribution in [0.25, 0.3) is 0 Å². The lowest BCUT2D eigenvalue weighted by Gasteiger charge is -2.37. The Balaban J connectivity index is 0.000000387. The Kier molecular flexibility index (Phi) is 10.4. The maximum atomic E-state index is 9.55. The first kappa shape index (κ1) is 23.4. The van der Waals surface area contributed by atoms with Gasteiger partial charge >= 0.3 is 11.9 Å². The number of hydrogen-bond donors (Lipinski definition) is 2. The molecule has 6 nitrogen and oxygen atoms in total. The molecule has 1 heterocycles. The summed E-state index contributed by atoms with van der Waals surface area (Å²) >= 11 is 12.1. The normalized spacial score (nSPS) is 20.1. The first-order chi connectivity index (χ1) is 12.7. The van der Waals surface area contributed by atoms with Crippen molar-refractivity contribution in [2.45, 2.75) is 19.3 Å². The number of ether oxygens (including phenoxy) is 1. The largest absolute Gasteiger partial charge is 0.478 e. The first-order valence-electron chi connectivity index (χ1n) is 8.59. The summed E-state index contributed by atoms with van der Waals surface area (Å²) in [4.78, 5) is 21.5. The Bertz CT molecular complexity index is 650. The number of aliphatic carboxylic acids is 2. The third-order valence-electron chi connectivity index (χ3n) is 4.21. The Labute approximate surface area is 169 Å². The van der Waals surface area contributed by atoms with Crippen molar-refractivity contribution in [3.63, 3.8) is 0 Å². The Morgan fingerprint density at radius 1 is 1.22 bits per heavy atom. The van der Waals surface area contributed by atoms with E-state index >= 15 is 0 Å². The number of rotatable bonds is 6. The van der Waals surface area contributed by atoms with Crippen molar-refractivity contribution in [1.82, 2.24) is 4.90 Å². The molecule has 1 aliphatic rings. The van der Waals surface area contributed by atoms with Crippen LogP contribution in [0.15, 0.2) is 30.4 Å². The smallest absolute Gasteiger partial charge is 0.328 e. The van der Waals surface area contributed by atoms with Crippen LogP contribution in [0.2, 0.25) is 10.0 Å². The first-order valence-corrected chi connectivity index (χ1v) is 9.35. The van der Waals surface area contributed by atoms with Crippen LogP contribution >= 0.6 is 23.2 Å². The fourth-order valence-corrected chi connectivity index (χ4v) is 3.28. The molecule has 0 bridgehead atoms. The minimum Gasteiger partial charge on any atom is -0.478 e. The number of benzene rings is 1. The summed E-state index contributed by atoms with van der Waals surface area (Å²) in [6, 6.07) is 6.01. The standard InChI is InChI=1S/C15H21Cl2NO.C4H4O4/c1-3-19-10-12-9-18(2)7-6-13(12)11-4-5-14(16)15(17)8-11;5-3(6)1-2-4(7)8/h4-5,8,12-13H,3,6-7,9-10H2,1-2H3;1-2H,(H,5,6)(H,7,8)/b;2-1+/t12-,13+;/m1./s1. The van der Waals surface area contributed by atoms with Crippen LogP contribution in [0.5, 0.6) is 0 Å². The number of likely N-dealkylation sites (tertiary alicyclic amines) is 1. The summed E-state index contributed by atoms with van der Waals surface area (Å²) in [5.74, 6) is -1.48. The van der Waals surface area contributed by atoms with Gasteiger partial charge in [0, 0.05) is 31.2 Å². The van der Waals surface area contributed by atoms with Crippen LogP contribution in [0.1, 0.15) is 24.8 Å². The highest BCUT2D eigenvalue weighted by molar-refractivity contribution is 6.42. The minimum absolute atomic E-state index is 0.512. The van der Waals surface area contributed by atoms with Crippen LogP contribution < -0.4 is 0 Å². The summed E-state index contributed by atoms with van der Waals surface area (Å²) < 4.78 is 5.64. The van der Waals surface area contributed by atoms with Crippen LogP contribution in [0.4, 0.5) is 0 Å². The fraction of sp³-hybridized carbons (Fsp3) is 0.474. The van der Waals surface area contributed by atoms with Crippen LogP contribution in [-0.4, -0.2) is 60.4 Å². The van der Waals surface area contributed by atoms with Crippen LogP contribution in [0.3, 0.4) is 0 Å². The monoisotopic (exact) mass is 417 g/mol. The molecular formula is C19H25Cl2NO5. The average molecular weight is 418 g/mol. The lowest BCUT2D eigenvalue weighted by molar-refractivity contribution is -0.134. The van der Waals surface area contributed by atoms with Gasteiger partial charge in [0.15, 0.2) is 0 Å². The molecule has 27 heavy (non-hydrogen) atoms. The molecule has 0 saturated carbocycles. The van der Waals surface area contributed by atoms with E-state index in [1.165, 1.54) is 5.56 Å². The summed E-state index contributed by atoms with van der Waals surface area (Å²) in [5, 5.41) is 16.9. The maximum absolute atomic E-state index is 9.55. The van der Waals surface area contributed by atoms with Gasteiger partial charge in [0.1, 0.15) is 0 Å². The number of carbonyl (C=O) groups is 2. The molecule has 1 fully saturated rings. The zero-order valence-corrected chi connectivity index (χ0v) is 16.9. The Morgan fingerprint density at radius 3 is 2.37 bits per heavy atom. The zero-order chi connectivity index (χ0) is 20.4. The maximum Gasteiger partial charge on any atom is 0.328 e. The van der Waals surface area contributed by atoms with Crippen molar-refractivity contribution in [2.75, 3.05) is 33.4 Å². The molecule has 2 rings (SSSR count). The van der Waals surface area contributed by atoms with Crippen molar-refractivity contribution >= 4 is 35.1 Å². The molecule has 150 valence electrons. The number of carboxylic acids is 2. The molecule has 2 atom stereocenters. The van der Waals surface area contributed by atoms with Gasteiger partial charge in [-0.25, -0.2) is 9.59 Å². The minimum atomic E-state index is -1.26. The van der Waals surface area contributed by atoms with Gasteiger partial charge < -0.3 is 19.8 Å². The molecule has 0 aromatic heterocycles. The van der Waals surface area contributed by atoms with E-state index in [4.69, 9.17) is 38.2 Å². The predicted molar refractivity (Wildman–Crippen MR) is 106 cm³/mol. The van der Waals surface area contributed by atoms with Gasteiger partial charge in [0.2, 0.25) is 0 Å². The third-order valence-corrected chi connectivity index (χ3v) is 4.95. The lowest BCUT2D eigenvalue weighted by Crippen LogP contribution is -2.39. The van der Waals surface area contributed by atoms with Crippen LogP contribution in [-0.2, 0) is 14.3 Å². The van der Waals surface area contributed by atoms with E-state index < -0.39 is 11.9 Å². The second-order valence-electron chi connectivity index (χ2n) is 6.26. The second kappa shape index (κ2) is 12.0. The summed E-state index contributed by atoms with van der Waals surface area (Å²) in [6.07, 6.45) is 2.26. The van der Waals surface area contributed by atoms with Crippen LogP contribution in [0, 0.1) is 5.92 Å². The van der Waals surface area contributed by atoms with Gasteiger partial charge in [-0.1, -0.05) is 29.3 Å². The van der Waals surface area contributed by atoms with E-state index in [2.05, 4.69) is 18.0 Å². The molecule has 1 aromatic rings. The highest BCUT2D eigenvalue weighted by Crippen LogP contribution is 2.35. The Morgan fingerprint density at radius 2 is 1.85 bits per heavy atom. The molecule has 1 aliphatic heterocycles. The predicted octanol–water partition coefficient (Wildman–Crippen LogP) is 3.78. The molecule has 0 aliphatic carbocycles. The van der Waals surface area contributed by atoms with Crippen molar-refractivity contribution in [2.24, 2.45) is 5.92 Å². The van der Waals surface area contributed by atoms with E-state index in [0.29, 0.717) is 34.0 Å². The van der Waals surface area contributed by atoms with E-state index in [1.54, 1.807) is 0 Å². The molecule has 0 spiro atoms. The summed E-state index contributed by atoms with van der Waals surface area (Å²) in [6.45, 7) is 5.82. The number of carboxylic acid groups (broad SMARTS) is 2. The molecule has 0 unspecified atom stereocenters. The van der Waals surface area contributed by atoms with E-state index in [9.17, 15) is 9.59 Å². The van der Waals surface area contributed by atoms with Crippen molar-refractivity contribution in [1.29, 1.82) is 0 Å². The molecular weight excluding hydrogens is 393 g/mol. The lowest BCUT2D eigenvalue weighted by atomic mass is 9.81. The molecule has 1 saturated heterocycles. The topological polar surface area (TPSA) is 87.1 Å². The third kappa shape index (κ3) is 8.75. The zero-order valence-electron chi connectivity index (χ0n) is 15.4. The Hall–Kier alpha value is -1.60. The number of halogens is 2. The van der Waals surface area contributed by atoms with Crippen molar-refractivity contribution in [3.05, 3.63) is 46.0 Å². The quantitative estimate of drug-likeness (QED) is 0.684. The van der Waals surface area contributed by atoms with Crippen molar-refractivity contribution < 1.29 is 24.5 Å². The highest BCUT2D eigenvalue weighted by atomic mass is 35.5.